The van der Waals surface area contributed by atoms with Crippen LogP contribution in [0.25, 0.3) is 0 Å². The molecule has 72 valence electrons. The fourth-order valence-electron chi connectivity index (χ4n) is 1.59. The molecule has 1 atom stereocenters. The number of hydrogen-bond donors (Lipinski definition) is 1. The topological polar surface area (TPSA) is 12.0 Å². The third-order valence-electron chi connectivity index (χ3n) is 2.42. The lowest BCUT2D eigenvalue weighted by molar-refractivity contribution is -0.138. The molecule has 4 heteroatoms. The highest BCUT2D eigenvalue weighted by molar-refractivity contribution is 4.88. The van der Waals surface area contributed by atoms with E-state index in [-0.39, 0.29) is 12.0 Å². The summed E-state index contributed by atoms with van der Waals surface area (Å²) in [4.78, 5) is 0. The van der Waals surface area contributed by atoms with Crippen LogP contribution in [-0.4, -0.2) is 18.3 Å². The van der Waals surface area contributed by atoms with Gasteiger partial charge in [-0.05, 0) is 32.7 Å². The van der Waals surface area contributed by atoms with Crippen molar-refractivity contribution in [1.82, 2.24) is 5.32 Å². The summed E-state index contributed by atoms with van der Waals surface area (Å²) in [5.74, 6) is 0. The number of hydrogen-bond acceptors (Lipinski definition) is 1. The van der Waals surface area contributed by atoms with Gasteiger partial charge in [-0.2, -0.15) is 13.2 Å². The van der Waals surface area contributed by atoms with E-state index in [1.807, 2.05) is 6.92 Å². The molecule has 0 aromatic heterocycles. The Morgan fingerprint density at radius 1 is 1.42 bits per heavy atom. The van der Waals surface area contributed by atoms with Crippen LogP contribution >= 0.6 is 0 Å². The van der Waals surface area contributed by atoms with Gasteiger partial charge in [-0.25, -0.2) is 0 Å². The minimum absolute atomic E-state index is 0.205. The second kappa shape index (κ2) is 3.24. The van der Waals surface area contributed by atoms with E-state index in [9.17, 15) is 13.2 Å². The van der Waals surface area contributed by atoms with Crippen LogP contribution in [0.1, 0.15) is 32.6 Å². The lowest BCUT2D eigenvalue weighted by Gasteiger charge is -2.24. The Morgan fingerprint density at radius 3 is 2.50 bits per heavy atom. The lowest BCUT2D eigenvalue weighted by atomic mass is 9.94. The molecule has 0 radical (unpaired) electrons. The standard InChI is InChI=1S/C8H14F3N/c1-7(3-2-6-12-7)4-5-8(9,10)11/h12H,2-6H2,1H3. The second-order valence-corrected chi connectivity index (χ2v) is 3.71. The van der Waals surface area contributed by atoms with Crippen molar-refractivity contribution in [1.29, 1.82) is 0 Å². The normalized spacial score (nSPS) is 31.0. The summed E-state index contributed by atoms with van der Waals surface area (Å²) in [5, 5.41) is 3.11. The Morgan fingerprint density at radius 2 is 2.08 bits per heavy atom. The molecule has 0 aromatic rings. The molecular formula is C8H14F3N. The van der Waals surface area contributed by atoms with Crippen molar-refractivity contribution in [3.05, 3.63) is 0 Å². The molecule has 0 amide bonds. The molecule has 1 fully saturated rings. The van der Waals surface area contributed by atoms with Gasteiger partial charge in [-0.1, -0.05) is 0 Å². The van der Waals surface area contributed by atoms with Crippen molar-refractivity contribution in [2.75, 3.05) is 6.54 Å². The summed E-state index contributed by atoms with van der Waals surface area (Å²) in [5.41, 5.74) is -0.268. The number of halogens is 3. The Kier molecular flexibility index (Phi) is 2.66. The van der Waals surface area contributed by atoms with Crippen LogP contribution in [0, 0.1) is 0 Å². The molecular weight excluding hydrogens is 167 g/mol. The molecule has 1 heterocycles. The van der Waals surface area contributed by atoms with Crippen LogP contribution in [0.5, 0.6) is 0 Å². The van der Waals surface area contributed by atoms with E-state index in [0.29, 0.717) is 0 Å². The van der Waals surface area contributed by atoms with Crippen LogP contribution in [0.4, 0.5) is 13.2 Å². The first-order valence-corrected chi connectivity index (χ1v) is 4.23. The number of alkyl halides is 3. The summed E-state index contributed by atoms with van der Waals surface area (Å²) in [7, 11) is 0. The SMILES string of the molecule is CC1(CCC(F)(F)F)CCCN1. The van der Waals surface area contributed by atoms with Crippen LogP contribution in [0.15, 0.2) is 0 Å². The summed E-state index contributed by atoms with van der Waals surface area (Å²) in [6, 6.07) is 0. The molecule has 0 aliphatic carbocycles. The molecule has 1 aliphatic rings. The summed E-state index contributed by atoms with van der Waals surface area (Å²) >= 11 is 0. The molecule has 0 spiro atoms. The Hall–Kier alpha value is -0.250. The summed E-state index contributed by atoms with van der Waals surface area (Å²) in [6.45, 7) is 2.72. The molecule has 12 heavy (non-hydrogen) atoms. The molecule has 1 N–H and O–H groups in total. The Labute approximate surface area is 70.3 Å². The number of nitrogens with one attached hydrogen (secondary N) is 1. The van der Waals surface area contributed by atoms with Crippen molar-refractivity contribution in [2.45, 2.75) is 44.3 Å². The van der Waals surface area contributed by atoms with E-state index in [2.05, 4.69) is 5.32 Å². The van der Waals surface area contributed by atoms with Crippen molar-refractivity contribution < 1.29 is 13.2 Å². The van der Waals surface area contributed by atoms with Crippen LogP contribution in [0.3, 0.4) is 0 Å². The first-order valence-electron chi connectivity index (χ1n) is 4.23. The first kappa shape index (κ1) is 9.84. The van der Waals surface area contributed by atoms with E-state index in [1.165, 1.54) is 0 Å². The van der Waals surface area contributed by atoms with Crippen molar-refractivity contribution >= 4 is 0 Å². The van der Waals surface area contributed by atoms with Crippen molar-refractivity contribution in [2.24, 2.45) is 0 Å². The monoisotopic (exact) mass is 181 g/mol. The van der Waals surface area contributed by atoms with E-state index in [1.54, 1.807) is 0 Å². The molecule has 1 unspecified atom stereocenters. The minimum Gasteiger partial charge on any atom is -0.312 e. The highest BCUT2D eigenvalue weighted by Crippen LogP contribution is 2.30. The van der Waals surface area contributed by atoms with Gasteiger partial charge in [-0.3, -0.25) is 0 Å². The number of rotatable bonds is 2. The van der Waals surface area contributed by atoms with Crippen LogP contribution in [-0.2, 0) is 0 Å². The van der Waals surface area contributed by atoms with E-state index >= 15 is 0 Å². The fourth-order valence-corrected chi connectivity index (χ4v) is 1.59. The third kappa shape index (κ3) is 3.01. The average molecular weight is 181 g/mol. The van der Waals surface area contributed by atoms with Crippen molar-refractivity contribution in [3.63, 3.8) is 0 Å². The highest BCUT2D eigenvalue weighted by Gasteiger charge is 2.34. The first-order chi connectivity index (χ1) is 5.41. The van der Waals surface area contributed by atoms with Crippen LogP contribution in [0.2, 0.25) is 0 Å². The molecule has 0 saturated carbocycles. The van der Waals surface area contributed by atoms with Gasteiger partial charge in [0.2, 0.25) is 0 Å². The van der Waals surface area contributed by atoms with Crippen molar-refractivity contribution in [3.8, 4) is 0 Å². The minimum atomic E-state index is -4.01. The van der Waals surface area contributed by atoms with Gasteiger partial charge in [0.05, 0.1) is 0 Å². The zero-order valence-corrected chi connectivity index (χ0v) is 7.17. The van der Waals surface area contributed by atoms with Gasteiger partial charge in [0.1, 0.15) is 0 Å². The van der Waals surface area contributed by atoms with Gasteiger partial charge in [0, 0.05) is 12.0 Å². The van der Waals surface area contributed by atoms with E-state index < -0.39 is 12.6 Å². The molecule has 1 rings (SSSR count). The lowest BCUT2D eigenvalue weighted by Crippen LogP contribution is -2.37. The van der Waals surface area contributed by atoms with E-state index in [0.717, 1.165) is 19.4 Å². The summed E-state index contributed by atoms with van der Waals surface area (Å²) < 4.78 is 35.6. The highest BCUT2D eigenvalue weighted by atomic mass is 19.4. The maximum atomic E-state index is 11.9. The molecule has 1 nitrogen and oxygen atoms in total. The summed E-state index contributed by atoms with van der Waals surface area (Å²) in [6.07, 6.45) is -2.61. The predicted molar refractivity (Wildman–Crippen MR) is 40.9 cm³/mol. The average Bonchev–Trinajstić information content (AvgIpc) is 2.32. The zero-order valence-electron chi connectivity index (χ0n) is 7.17. The van der Waals surface area contributed by atoms with Crippen LogP contribution < -0.4 is 5.32 Å². The smallest absolute Gasteiger partial charge is 0.312 e. The van der Waals surface area contributed by atoms with Gasteiger partial charge >= 0.3 is 6.18 Å². The van der Waals surface area contributed by atoms with Gasteiger partial charge < -0.3 is 5.32 Å². The largest absolute Gasteiger partial charge is 0.389 e. The fraction of sp³-hybridized carbons (Fsp3) is 1.00. The van der Waals surface area contributed by atoms with Gasteiger partial charge in [0.15, 0.2) is 0 Å². The Bertz CT molecular complexity index is 147. The predicted octanol–water partition coefficient (Wildman–Crippen LogP) is 2.47. The zero-order chi connectivity index (χ0) is 9.24. The maximum Gasteiger partial charge on any atom is 0.389 e. The van der Waals surface area contributed by atoms with E-state index in [4.69, 9.17) is 0 Å². The molecule has 0 aromatic carbocycles. The molecule has 0 bridgehead atoms. The van der Waals surface area contributed by atoms with Gasteiger partial charge in [0.25, 0.3) is 0 Å². The molecule has 1 saturated heterocycles. The quantitative estimate of drug-likeness (QED) is 0.690. The third-order valence-corrected chi connectivity index (χ3v) is 2.42. The molecule has 1 aliphatic heterocycles. The maximum absolute atomic E-state index is 11.9. The second-order valence-electron chi connectivity index (χ2n) is 3.71. The Balaban J connectivity index is 2.30. The van der Waals surface area contributed by atoms with Gasteiger partial charge in [-0.15, -0.1) is 0 Å².